The molecule has 22 heavy (non-hydrogen) atoms. The van der Waals surface area contributed by atoms with Gasteiger partial charge in [-0.2, -0.15) is 0 Å². The van der Waals surface area contributed by atoms with Gasteiger partial charge in [0.05, 0.1) is 17.1 Å². The van der Waals surface area contributed by atoms with Crippen LogP contribution >= 0.6 is 0 Å². The number of hydrogen-bond donors (Lipinski definition) is 0. The summed E-state index contributed by atoms with van der Waals surface area (Å²) in [5.41, 5.74) is -4.22. The average Bonchev–Trinajstić information content (AvgIpc) is 2.35. The van der Waals surface area contributed by atoms with Gasteiger partial charge in [0.15, 0.2) is 5.56 Å². The van der Waals surface area contributed by atoms with Gasteiger partial charge in [0, 0.05) is 6.20 Å². The molecule has 1 aromatic rings. The van der Waals surface area contributed by atoms with Gasteiger partial charge in [0.25, 0.3) is 6.43 Å². The smallest absolute Gasteiger partial charge is 0.462 e. The third-order valence-corrected chi connectivity index (χ3v) is 2.16. The number of carbonyl (C=O) groups is 1. The molecule has 122 valence electrons. The number of ether oxygens (including phenoxy) is 2. The molecule has 1 heterocycles. The fraction of sp³-hybridized carbons (Fsp3) is 0.400. The van der Waals surface area contributed by atoms with E-state index >= 15 is 0 Å². The minimum absolute atomic E-state index is 0.186. The highest BCUT2D eigenvalue weighted by Gasteiger charge is 2.40. The maximum Gasteiger partial charge on any atom is 0.574 e. The number of halogens is 5. The van der Waals surface area contributed by atoms with E-state index in [1.54, 1.807) is 0 Å². The molecule has 0 aliphatic heterocycles. The lowest BCUT2D eigenvalue weighted by Crippen LogP contribution is -2.21. The number of esters is 1. The Morgan fingerprint density at radius 1 is 1.45 bits per heavy atom. The van der Waals surface area contributed by atoms with Crippen molar-refractivity contribution in [1.29, 1.82) is 0 Å². The van der Waals surface area contributed by atoms with Crippen LogP contribution in [0, 0.1) is 10.1 Å². The summed E-state index contributed by atoms with van der Waals surface area (Å²) in [6, 6.07) is 0. The lowest BCUT2D eigenvalue weighted by atomic mass is 10.1. The van der Waals surface area contributed by atoms with Gasteiger partial charge in [-0.05, 0) is 6.92 Å². The molecule has 0 bridgehead atoms. The normalized spacial score (nSPS) is 11.4. The summed E-state index contributed by atoms with van der Waals surface area (Å²) in [4.78, 5) is 23.8. The molecule has 0 saturated heterocycles. The molecule has 0 N–H and O–H groups in total. The van der Waals surface area contributed by atoms with E-state index in [1.165, 1.54) is 6.92 Å². The molecule has 0 unspecified atom stereocenters. The molecule has 7 nitrogen and oxygen atoms in total. The van der Waals surface area contributed by atoms with Crippen LogP contribution in [-0.2, 0) is 4.74 Å². The number of aromatic nitrogens is 1. The summed E-state index contributed by atoms with van der Waals surface area (Å²) in [5, 5.41) is 10.9. The van der Waals surface area contributed by atoms with Crippen LogP contribution in [0.25, 0.3) is 0 Å². The Morgan fingerprint density at radius 3 is 2.45 bits per heavy atom. The van der Waals surface area contributed by atoms with Crippen LogP contribution in [0.1, 0.15) is 29.3 Å². The number of nitro groups is 1. The highest BCUT2D eigenvalue weighted by atomic mass is 19.4. The molecule has 0 saturated carbocycles. The number of carbonyl (C=O) groups excluding carboxylic acids is 1. The lowest BCUT2D eigenvalue weighted by molar-refractivity contribution is -0.389. The zero-order valence-corrected chi connectivity index (χ0v) is 10.7. The molecule has 0 fully saturated rings. The van der Waals surface area contributed by atoms with Crippen molar-refractivity contribution in [3.63, 3.8) is 0 Å². The fourth-order valence-corrected chi connectivity index (χ4v) is 1.43. The van der Waals surface area contributed by atoms with Crippen molar-refractivity contribution in [3.05, 3.63) is 27.4 Å². The molecular formula is C10H7F5N2O5. The second-order valence-electron chi connectivity index (χ2n) is 3.57. The topological polar surface area (TPSA) is 91.6 Å². The maximum absolute atomic E-state index is 12.8. The van der Waals surface area contributed by atoms with Gasteiger partial charge >= 0.3 is 23.9 Å². The van der Waals surface area contributed by atoms with Crippen LogP contribution in [0.4, 0.5) is 27.6 Å². The van der Waals surface area contributed by atoms with Crippen molar-refractivity contribution >= 4 is 11.7 Å². The van der Waals surface area contributed by atoms with E-state index in [0.717, 1.165) is 0 Å². The Bertz CT molecular complexity index is 590. The molecule has 0 amide bonds. The minimum Gasteiger partial charge on any atom is -0.462 e. The molecule has 0 aliphatic rings. The summed E-state index contributed by atoms with van der Waals surface area (Å²) in [6.07, 6.45) is -8.58. The molecule has 1 rings (SSSR count). The van der Waals surface area contributed by atoms with E-state index < -0.39 is 46.4 Å². The predicted octanol–water partition coefficient (Wildman–Crippen LogP) is 3.00. The second-order valence-corrected chi connectivity index (χ2v) is 3.57. The first-order chi connectivity index (χ1) is 10.1. The van der Waals surface area contributed by atoms with Crippen molar-refractivity contribution in [2.24, 2.45) is 0 Å². The van der Waals surface area contributed by atoms with Crippen LogP contribution < -0.4 is 4.74 Å². The molecule has 1 aromatic heterocycles. The Kier molecular flexibility index (Phi) is 5.17. The first-order valence-corrected chi connectivity index (χ1v) is 5.46. The van der Waals surface area contributed by atoms with E-state index in [9.17, 15) is 36.9 Å². The Morgan fingerprint density at radius 2 is 2.05 bits per heavy atom. The summed E-state index contributed by atoms with van der Waals surface area (Å²) in [5.74, 6) is -3.22. The highest BCUT2D eigenvalue weighted by molar-refractivity contribution is 5.96. The van der Waals surface area contributed by atoms with E-state index in [-0.39, 0.29) is 12.8 Å². The van der Waals surface area contributed by atoms with E-state index in [1.807, 2.05) is 0 Å². The van der Waals surface area contributed by atoms with E-state index in [2.05, 4.69) is 14.5 Å². The van der Waals surface area contributed by atoms with Crippen LogP contribution in [0.2, 0.25) is 0 Å². The van der Waals surface area contributed by atoms with Gasteiger partial charge in [-0.1, -0.05) is 0 Å². The van der Waals surface area contributed by atoms with Gasteiger partial charge < -0.3 is 9.47 Å². The largest absolute Gasteiger partial charge is 0.574 e. The summed E-state index contributed by atoms with van der Waals surface area (Å²) in [6.45, 7) is 0.941. The highest BCUT2D eigenvalue weighted by Crippen LogP contribution is 2.37. The molecule has 12 heteroatoms. The third kappa shape index (κ3) is 3.99. The number of alkyl halides is 5. The lowest BCUT2D eigenvalue weighted by Gasteiger charge is -2.12. The number of nitrogens with zero attached hydrogens (tertiary/aromatic N) is 2. The van der Waals surface area contributed by atoms with Gasteiger partial charge in [0.2, 0.25) is 0 Å². The Labute approximate surface area is 118 Å². The molecular weight excluding hydrogens is 323 g/mol. The van der Waals surface area contributed by atoms with Crippen molar-refractivity contribution < 1.29 is 41.1 Å². The average molecular weight is 330 g/mol. The van der Waals surface area contributed by atoms with Crippen LogP contribution in [-0.4, -0.2) is 28.8 Å². The van der Waals surface area contributed by atoms with Crippen LogP contribution in [0.5, 0.6) is 5.88 Å². The van der Waals surface area contributed by atoms with Crippen LogP contribution in [0.3, 0.4) is 0 Å². The van der Waals surface area contributed by atoms with Crippen LogP contribution in [0.15, 0.2) is 6.20 Å². The van der Waals surface area contributed by atoms with E-state index in [4.69, 9.17) is 0 Å². The van der Waals surface area contributed by atoms with Gasteiger partial charge in [-0.15, -0.1) is 13.2 Å². The molecule has 0 aliphatic carbocycles. The van der Waals surface area contributed by atoms with E-state index in [0.29, 0.717) is 0 Å². The zero-order chi connectivity index (χ0) is 17.1. The summed E-state index contributed by atoms with van der Waals surface area (Å²) in [7, 11) is 0. The molecule has 0 radical (unpaired) electrons. The molecule has 0 atom stereocenters. The zero-order valence-electron chi connectivity index (χ0n) is 10.7. The first-order valence-electron chi connectivity index (χ1n) is 5.46. The van der Waals surface area contributed by atoms with Crippen molar-refractivity contribution in [2.75, 3.05) is 6.61 Å². The van der Waals surface area contributed by atoms with Crippen molar-refractivity contribution in [2.45, 2.75) is 19.7 Å². The first kappa shape index (κ1) is 17.5. The molecule has 0 spiro atoms. The summed E-state index contributed by atoms with van der Waals surface area (Å²) >= 11 is 0. The molecule has 0 aromatic carbocycles. The Balaban J connectivity index is 3.61. The van der Waals surface area contributed by atoms with Crippen molar-refractivity contribution in [3.8, 4) is 5.88 Å². The van der Waals surface area contributed by atoms with Gasteiger partial charge in [0.1, 0.15) is 0 Å². The standard InChI is InChI=1S/C10H7F5N2O5/c1-2-21-9(18)5-4(7(11)12)3-16-8(6(5)17(19)20)22-10(13,14)15/h3,7H,2H2,1H3. The summed E-state index contributed by atoms with van der Waals surface area (Å²) < 4.78 is 69.8. The SMILES string of the molecule is CCOC(=O)c1c(C(F)F)cnc(OC(F)(F)F)c1[N+](=O)[O-]. The monoisotopic (exact) mass is 330 g/mol. The maximum atomic E-state index is 12.8. The van der Waals surface area contributed by atoms with Crippen molar-refractivity contribution in [1.82, 2.24) is 4.98 Å². The fourth-order valence-electron chi connectivity index (χ4n) is 1.43. The van der Waals surface area contributed by atoms with Gasteiger partial charge in [-0.25, -0.2) is 18.6 Å². The Hall–Kier alpha value is -2.53. The minimum atomic E-state index is -5.37. The second kappa shape index (κ2) is 6.49. The predicted molar refractivity (Wildman–Crippen MR) is 58.5 cm³/mol. The quantitative estimate of drug-likeness (QED) is 0.357. The number of pyridine rings is 1. The number of hydrogen-bond acceptors (Lipinski definition) is 6. The third-order valence-electron chi connectivity index (χ3n) is 2.16. The number of rotatable bonds is 5. The van der Waals surface area contributed by atoms with Gasteiger partial charge in [-0.3, -0.25) is 10.1 Å².